The molecule has 12 heteroatoms. The highest BCUT2D eigenvalue weighted by Gasteiger charge is 2.33. The molecule has 11 nitrogen and oxygen atoms in total. The van der Waals surface area contributed by atoms with Gasteiger partial charge in [0.25, 0.3) is 0 Å². The van der Waals surface area contributed by atoms with E-state index in [1.165, 1.54) is 11.8 Å². The molecule has 252 valence electrons. The van der Waals surface area contributed by atoms with Crippen LogP contribution in [0, 0.1) is 11.8 Å². The van der Waals surface area contributed by atoms with E-state index in [1.807, 2.05) is 80.8 Å². The Bertz CT molecular complexity index is 1280. The lowest BCUT2D eigenvalue weighted by molar-refractivity contribution is -0.142. The fourth-order valence-electron chi connectivity index (χ4n) is 4.82. The van der Waals surface area contributed by atoms with E-state index in [4.69, 9.17) is 5.73 Å². The summed E-state index contributed by atoms with van der Waals surface area (Å²) in [6.45, 7) is 7.32. The molecule has 7 N–H and O–H groups in total. The molecule has 0 aliphatic carbocycles. The van der Waals surface area contributed by atoms with Gasteiger partial charge < -0.3 is 32.1 Å². The number of carbonyl (C=O) groups is 5. The highest BCUT2D eigenvalue weighted by molar-refractivity contribution is 7.98. The van der Waals surface area contributed by atoms with Crippen molar-refractivity contribution in [1.29, 1.82) is 0 Å². The Morgan fingerprint density at radius 2 is 1.20 bits per heavy atom. The van der Waals surface area contributed by atoms with Gasteiger partial charge >= 0.3 is 5.97 Å². The molecule has 0 bridgehead atoms. The van der Waals surface area contributed by atoms with Crippen LogP contribution in [0.3, 0.4) is 0 Å². The van der Waals surface area contributed by atoms with Gasteiger partial charge in [0.1, 0.15) is 24.2 Å². The Morgan fingerprint density at radius 1 is 0.696 bits per heavy atom. The normalized spacial score (nSPS) is 14.4. The molecule has 2 aromatic rings. The third-order valence-electron chi connectivity index (χ3n) is 7.36. The van der Waals surface area contributed by atoms with Gasteiger partial charge in [-0.3, -0.25) is 19.2 Å². The van der Waals surface area contributed by atoms with E-state index in [2.05, 4.69) is 21.3 Å². The van der Waals surface area contributed by atoms with E-state index in [-0.39, 0.29) is 37.5 Å². The summed E-state index contributed by atoms with van der Waals surface area (Å²) in [5, 5.41) is 20.5. The monoisotopic (exact) mass is 655 g/mol. The summed E-state index contributed by atoms with van der Waals surface area (Å²) >= 11 is 1.47. The number of thioether (sulfide) groups is 1. The Morgan fingerprint density at radius 3 is 1.70 bits per heavy atom. The van der Waals surface area contributed by atoms with Crippen molar-refractivity contribution in [3.05, 3.63) is 71.8 Å². The summed E-state index contributed by atoms with van der Waals surface area (Å²) < 4.78 is 0. The minimum atomic E-state index is -1.16. The lowest BCUT2D eigenvalue weighted by atomic mass is 9.99. The third kappa shape index (κ3) is 13.2. The number of aliphatic carboxylic acids is 1. The van der Waals surface area contributed by atoms with E-state index in [0.29, 0.717) is 5.75 Å². The Kier molecular flexibility index (Phi) is 16.3. The highest BCUT2D eigenvalue weighted by Crippen LogP contribution is 2.11. The molecule has 0 aromatic heterocycles. The van der Waals surface area contributed by atoms with Crippen LogP contribution in [0.15, 0.2) is 60.7 Å². The minimum absolute atomic E-state index is 0.00619. The molecule has 0 radical (unpaired) electrons. The number of carboxylic acids is 1. The molecule has 0 heterocycles. The molecule has 0 saturated carbocycles. The van der Waals surface area contributed by atoms with Crippen LogP contribution in [0.1, 0.15) is 51.7 Å². The summed E-state index contributed by atoms with van der Waals surface area (Å²) in [5.74, 6) is -3.24. The molecule has 46 heavy (non-hydrogen) atoms. The highest BCUT2D eigenvalue weighted by atomic mass is 32.2. The van der Waals surface area contributed by atoms with E-state index >= 15 is 0 Å². The van der Waals surface area contributed by atoms with Gasteiger partial charge in [-0.1, -0.05) is 88.4 Å². The van der Waals surface area contributed by atoms with E-state index < -0.39 is 59.8 Å². The van der Waals surface area contributed by atoms with Crippen LogP contribution < -0.4 is 27.0 Å². The quantitative estimate of drug-likeness (QED) is 0.133. The minimum Gasteiger partial charge on any atom is -0.480 e. The average Bonchev–Trinajstić information content (AvgIpc) is 3.01. The van der Waals surface area contributed by atoms with Crippen LogP contribution in [-0.4, -0.2) is 76.9 Å². The molecule has 0 spiro atoms. The van der Waals surface area contributed by atoms with Gasteiger partial charge in [-0.2, -0.15) is 11.8 Å². The van der Waals surface area contributed by atoms with E-state index in [1.54, 1.807) is 13.8 Å². The van der Waals surface area contributed by atoms with Gasteiger partial charge in [-0.25, -0.2) is 4.79 Å². The molecule has 5 atom stereocenters. The number of hydrogen-bond donors (Lipinski definition) is 6. The first kappa shape index (κ1) is 38.3. The molecular formula is C34H49N5O6S. The predicted octanol–water partition coefficient (Wildman–Crippen LogP) is 2.28. The van der Waals surface area contributed by atoms with Gasteiger partial charge in [-0.15, -0.1) is 0 Å². The Balaban J connectivity index is 2.25. The van der Waals surface area contributed by atoms with Crippen LogP contribution in [0.2, 0.25) is 0 Å². The van der Waals surface area contributed by atoms with Gasteiger partial charge in [0.2, 0.25) is 23.6 Å². The first-order valence-corrected chi connectivity index (χ1v) is 17.0. The first-order valence-electron chi connectivity index (χ1n) is 15.6. The van der Waals surface area contributed by atoms with Crippen molar-refractivity contribution in [2.75, 3.05) is 12.0 Å². The number of amides is 4. The molecule has 0 aliphatic rings. The lowest BCUT2D eigenvalue weighted by Crippen LogP contribution is -2.60. The molecule has 0 fully saturated rings. The summed E-state index contributed by atoms with van der Waals surface area (Å²) in [5.41, 5.74) is 7.82. The lowest BCUT2D eigenvalue weighted by Gasteiger charge is -2.28. The topological polar surface area (TPSA) is 180 Å². The van der Waals surface area contributed by atoms with Crippen molar-refractivity contribution in [3.8, 4) is 0 Å². The van der Waals surface area contributed by atoms with Crippen LogP contribution in [0.5, 0.6) is 0 Å². The zero-order chi connectivity index (χ0) is 34.2. The van der Waals surface area contributed by atoms with Gasteiger partial charge in [-0.05, 0) is 54.2 Å². The zero-order valence-electron chi connectivity index (χ0n) is 27.3. The average molecular weight is 656 g/mol. The van der Waals surface area contributed by atoms with Gasteiger partial charge in [0, 0.05) is 6.42 Å². The molecular weight excluding hydrogens is 606 g/mol. The van der Waals surface area contributed by atoms with Crippen LogP contribution in [-0.2, 0) is 36.8 Å². The summed E-state index contributed by atoms with van der Waals surface area (Å²) in [7, 11) is 0. The summed E-state index contributed by atoms with van der Waals surface area (Å²) in [4.78, 5) is 65.5. The smallest absolute Gasteiger partial charge is 0.326 e. The van der Waals surface area contributed by atoms with Crippen molar-refractivity contribution >= 4 is 41.4 Å². The SMILES string of the molecule is CSCC[C@H](NC(=O)[C@@H](CC(C)C)NC(=O)[C@H](Cc1ccccc1)NC(=O)[C@H](NC(=O)[C@@H](N)Cc1ccccc1)C(C)C)C(=O)O. The number of benzene rings is 2. The maximum atomic E-state index is 13.8. The number of carbonyl (C=O) groups excluding carboxylic acids is 4. The third-order valence-corrected chi connectivity index (χ3v) is 8.01. The second-order valence-electron chi connectivity index (χ2n) is 12.1. The number of hydrogen-bond acceptors (Lipinski definition) is 7. The van der Waals surface area contributed by atoms with Crippen molar-refractivity contribution < 1.29 is 29.1 Å². The number of carboxylic acid groups (broad SMARTS) is 1. The number of rotatable bonds is 19. The largest absolute Gasteiger partial charge is 0.480 e. The summed E-state index contributed by atoms with van der Waals surface area (Å²) in [6.07, 6.45) is 2.73. The van der Waals surface area contributed by atoms with Crippen LogP contribution in [0.25, 0.3) is 0 Å². The zero-order valence-corrected chi connectivity index (χ0v) is 28.1. The van der Waals surface area contributed by atoms with E-state index in [9.17, 15) is 29.1 Å². The van der Waals surface area contributed by atoms with Crippen molar-refractivity contribution in [1.82, 2.24) is 21.3 Å². The molecule has 0 unspecified atom stereocenters. The maximum Gasteiger partial charge on any atom is 0.326 e. The van der Waals surface area contributed by atoms with Crippen molar-refractivity contribution in [3.63, 3.8) is 0 Å². The molecule has 2 rings (SSSR count). The maximum absolute atomic E-state index is 13.8. The van der Waals surface area contributed by atoms with E-state index in [0.717, 1.165) is 11.1 Å². The van der Waals surface area contributed by atoms with Crippen molar-refractivity contribution in [2.45, 2.75) is 83.6 Å². The Hall–Kier alpha value is -3.90. The van der Waals surface area contributed by atoms with Crippen molar-refractivity contribution in [2.24, 2.45) is 17.6 Å². The fraction of sp³-hybridized carbons (Fsp3) is 0.500. The first-order chi connectivity index (χ1) is 21.8. The molecule has 2 aromatic carbocycles. The molecule has 0 saturated heterocycles. The Labute approximate surface area is 276 Å². The van der Waals surface area contributed by atoms with Crippen LogP contribution >= 0.6 is 11.8 Å². The number of nitrogens with two attached hydrogens (primary N) is 1. The number of nitrogens with one attached hydrogen (secondary N) is 4. The summed E-state index contributed by atoms with van der Waals surface area (Å²) in [6, 6.07) is 13.3. The van der Waals surface area contributed by atoms with Gasteiger partial charge in [0.05, 0.1) is 6.04 Å². The second-order valence-corrected chi connectivity index (χ2v) is 13.1. The fourth-order valence-corrected chi connectivity index (χ4v) is 5.29. The molecule has 4 amide bonds. The second kappa shape index (κ2) is 19.6. The standard InChI is InChI=1S/C34H49N5O6S/c1-21(2)18-27(31(41)36-26(34(44)45)16-17-46-5)37-32(42)28(20-24-14-10-7-11-15-24)38-33(43)29(22(3)4)39-30(40)25(35)19-23-12-8-6-9-13-23/h6-15,21-22,25-29H,16-20,35H2,1-5H3,(H,36,41)(H,37,42)(H,38,43)(H,39,40)(H,44,45)/t25-,26-,27+,28-,29+/m0/s1. The van der Waals surface area contributed by atoms with Gasteiger partial charge in [0.15, 0.2) is 0 Å². The predicted molar refractivity (Wildman–Crippen MR) is 181 cm³/mol. The molecule has 0 aliphatic heterocycles. The van der Waals surface area contributed by atoms with Crippen LogP contribution in [0.4, 0.5) is 0 Å².